The average molecular weight is 377 g/mol. The van der Waals surface area contributed by atoms with Gasteiger partial charge in [0.1, 0.15) is 5.58 Å². The molecule has 4 heteroatoms. The predicted octanol–water partition coefficient (Wildman–Crippen LogP) is 4.31. The van der Waals surface area contributed by atoms with E-state index in [9.17, 15) is 4.79 Å². The van der Waals surface area contributed by atoms with Gasteiger partial charge in [-0.3, -0.25) is 4.79 Å². The van der Waals surface area contributed by atoms with Crippen molar-refractivity contribution >= 4 is 45.0 Å². The van der Waals surface area contributed by atoms with Gasteiger partial charge in [-0.15, -0.1) is 0 Å². The Bertz CT molecular complexity index is 775. The van der Waals surface area contributed by atoms with Gasteiger partial charge in [-0.05, 0) is 71.1 Å². The molecule has 0 fully saturated rings. The standard InChI is InChI=1S/C16H12INO2/c1-18-13-5-2-10(3-6-13)16(19)15-9-11-8-12(17)4-7-14(11)20-15/h2-9,18H,1H3. The van der Waals surface area contributed by atoms with Crippen molar-refractivity contribution in [1.82, 2.24) is 0 Å². The highest BCUT2D eigenvalue weighted by molar-refractivity contribution is 14.1. The van der Waals surface area contributed by atoms with Gasteiger partial charge >= 0.3 is 0 Å². The first-order valence-electron chi connectivity index (χ1n) is 6.19. The van der Waals surface area contributed by atoms with Crippen molar-refractivity contribution in [2.75, 3.05) is 12.4 Å². The molecule has 0 aliphatic rings. The SMILES string of the molecule is CNc1ccc(C(=O)c2cc3cc(I)ccc3o2)cc1. The first kappa shape index (κ1) is 13.2. The van der Waals surface area contributed by atoms with Crippen molar-refractivity contribution < 1.29 is 9.21 Å². The zero-order valence-corrected chi connectivity index (χ0v) is 13.0. The fourth-order valence-corrected chi connectivity index (χ4v) is 2.57. The third-order valence-corrected chi connectivity index (χ3v) is 3.81. The minimum atomic E-state index is -0.0983. The van der Waals surface area contributed by atoms with Gasteiger partial charge in [0, 0.05) is 27.3 Å². The molecule has 2 aromatic carbocycles. The predicted molar refractivity (Wildman–Crippen MR) is 88.4 cm³/mol. The van der Waals surface area contributed by atoms with Crippen LogP contribution < -0.4 is 5.32 Å². The minimum Gasteiger partial charge on any atom is -0.453 e. The summed E-state index contributed by atoms with van der Waals surface area (Å²) in [6, 6.07) is 15.0. The minimum absolute atomic E-state index is 0.0983. The van der Waals surface area contributed by atoms with Crippen molar-refractivity contribution in [3.8, 4) is 0 Å². The van der Waals surface area contributed by atoms with Gasteiger partial charge in [0.25, 0.3) is 0 Å². The molecule has 0 saturated heterocycles. The summed E-state index contributed by atoms with van der Waals surface area (Å²) in [5.41, 5.74) is 2.33. The van der Waals surface area contributed by atoms with Crippen LogP contribution >= 0.6 is 22.6 Å². The normalized spacial score (nSPS) is 10.7. The highest BCUT2D eigenvalue weighted by atomic mass is 127. The molecule has 3 aromatic rings. The highest BCUT2D eigenvalue weighted by Crippen LogP contribution is 2.23. The molecule has 0 amide bonds. The second-order valence-electron chi connectivity index (χ2n) is 4.45. The number of benzene rings is 2. The third-order valence-electron chi connectivity index (χ3n) is 3.14. The van der Waals surface area contributed by atoms with E-state index in [-0.39, 0.29) is 5.78 Å². The summed E-state index contributed by atoms with van der Waals surface area (Å²) < 4.78 is 6.75. The summed E-state index contributed by atoms with van der Waals surface area (Å²) in [4.78, 5) is 12.4. The van der Waals surface area contributed by atoms with Gasteiger partial charge in [-0.25, -0.2) is 0 Å². The fraction of sp³-hybridized carbons (Fsp3) is 0.0625. The van der Waals surface area contributed by atoms with Crippen molar-refractivity contribution in [2.45, 2.75) is 0 Å². The van der Waals surface area contributed by atoms with E-state index < -0.39 is 0 Å². The van der Waals surface area contributed by atoms with Crippen molar-refractivity contribution in [2.24, 2.45) is 0 Å². The molecule has 100 valence electrons. The van der Waals surface area contributed by atoms with E-state index in [2.05, 4.69) is 27.9 Å². The van der Waals surface area contributed by atoms with Crippen LogP contribution in [-0.2, 0) is 0 Å². The quantitative estimate of drug-likeness (QED) is 0.547. The molecule has 3 nitrogen and oxygen atoms in total. The van der Waals surface area contributed by atoms with Crippen LogP contribution in [0.5, 0.6) is 0 Å². The monoisotopic (exact) mass is 377 g/mol. The number of anilines is 1. The van der Waals surface area contributed by atoms with E-state index in [0.29, 0.717) is 11.3 Å². The molecule has 0 atom stereocenters. The molecule has 0 radical (unpaired) electrons. The Labute approximate surface area is 130 Å². The molecule has 1 N–H and O–H groups in total. The Morgan fingerprint density at radius 3 is 2.55 bits per heavy atom. The molecule has 0 spiro atoms. The lowest BCUT2D eigenvalue weighted by Gasteiger charge is -2.01. The van der Waals surface area contributed by atoms with E-state index in [1.807, 2.05) is 37.4 Å². The lowest BCUT2D eigenvalue weighted by Crippen LogP contribution is -1.99. The van der Waals surface area contributed by atoms with E-state index in [1.165, 1.54) is 0 Å². The zero-order chi connectivity index (χ0) is 14.1. The second-order valence-corrected chi connectivity index (χ2v) is 5.69. The summed E-state index contributed by atoms with van der Waals surface area (Å²) in [5, 5.41) is 3.98. The van der Waals surface area contributed by atoms with Gasteiger partial charge in [-0.2, -0.15) is 0 Å². The molecule has 20 heavy (non-hydrogen) atoms. The van der Waals surface area contributed by atoms with E-state index in [0.717, 1.165) is 20.2 Å². The molecule has 3 rings (SSSR count). The van der Waals surface area contributed by atoms with Gasteiger partial charge in [0.2, 0.25) is 5.78 Å². The molecule has 0 bridgehead atoms. The summed E-state index contributed by atoms with van der Waals surface area (Å²) >= 11 is 2.24. The molecule has 0 unspecified atom stereocenters. The Kier molecular flexibility index (Phi) is 3.48. The summed E-state index contributed by atoms with van der Waals surface area (Å²) in [5.74, 6) is 0.276. The number of hydrogen-bond acceptors (Lipinski definition) is 3. The van der Waals surface area contributed by atoms with Crippen LogP contribution in [0, 0.1) is 3.57 Å². The third kappa shape index (κ3) is 2.43. The number of furan rings is 1. The Balaban J connectivity index is 1.98. The Morgan fingerprint density at radius 1 is 1.10 bits per heavy atom. The van der Waals surface area contributed by atoms with E-state index in [1.54, 1.807) is 18.2 Å². The van der Waals surface area contributed by atoms with Crippen LogP contribution in [-0.4, -0.2) is 12.8 Å². The Morgan fingerprint density at radius 2 is 1.85 bits per heavy atom. The molecule has 0 saturated carbocycles. The maximum atomic E-state index is 12.4. The van der Waals surface area contributed by atoms with Crippen molar-refractivity contribution in [3.63, 3.8) is 0 Å². The summed E-state index contributed by atoms with van der Waals surface area (Å²) in [6.07, 6.45) is 0. The largest absolute Gasteiger partial charge is 0.453 e. The lowest BCUT2D eigenvalue weighted by molar-refractivity contribution is 0.101. The van der Waals surface area contributed by atoms with Crippen molar-refractivity contribution in [1.29, 1.82) is 0 Å². The van der Waals surface area contributed by atoms with Crippen LogP contribution in [0.1, 0.15) is 16.1 Å². The van der Waals surface area contributed by atoms with Crippen LogP contribution in [0.15, 0.2) is 52.9 Å². The molecular weight excluding hydrogens is 365 g/mol. The van der Waals surface area contributed by atoms with E-state index in [4.69, 9.17) is 4.42 Å². The average Bonchev–Trinajstić information content (AvgIpc) is 2.89. The molecular formula is C16H12INO2. The van der Waals surface area contributed by atoms with Crippen LogP contribution in [0.4, 0.5) is 5.69 Å². The van der Waals surface area contributed by atoms with Gasteiger partial charge in [0.15, 0.2) is 5.76 Å². The molecule has 0 aliphatic carbocycles. The number of ketones is 1. The van der Waals surface area contributed by atoms with Crippen LogP contribution in [0.3, 0.4) is 0 Å². The number of hydrogen-bond donors (Lipinski definition) is 1. The number of carbonyl (C=O) groups excluding carboxylic acids is 1. The van der Waals surface area contributed by atoms with E-state index >= 15 is 0 Å². The number of fused-ring (bicyclic) bond motifs is 1. The topological polar surface area (TPSA) is 42.2 Å². The highest BCUT2D eigenvalue weighted by Gasteiger charge is 2.14. The molecule has 0 aliphatic heterocycles. The van der Waals surface area contributed by atoms with Crippen molar-refractivity contribution in [3.05, 3.63) is 63.4 Å². The number of carbonyl (C=O) groups is 1. The molecule has 1 heterocycles. The molecule has 1 aromatic heterocycles. The van der Waals surface area contributed by atoms with Crippen LogP contribution in [0.25, 0.3) is 11.0 Å². The maximum absolute atomic E-state index is 12.4. The van der Waals surface area contributed by atoms with Crippen LogP contribution in [0.2, 0.25) is 0 Å². The smallest absolute Gasteiger partial charge is 0.228 e. The first-order valence-corrected chi connectivity index (χ1v) is 7.27. The number of rotatable bonds is 3. The Hall–Kier alpha value is -1.82. The van der Waals surface area contributed by atoms with Gasteiger partial charge in [-0.1, -0.05) is 0 Å². The fourth-order valence-electron chi connectivity index (χ4n) is 2.06. The maximum Gasteiger partial charge on any atom is 0.228 e. The van der Waals surface area contributed by atoms with Gasteiger partial charge < -0.3 is 9.73 Å². The lowest BCUT2D eigenvalue weighted by atomic mass is 10.1. The second kappa shape index (κ2) is 5.28. The summed E-state index contributed by atoms with van der Waals surface area (Å²) in [6.45, 7) is 0. The zero-order valence-electron chi connectivity index (χ0n) is 10.8. The number of halogens is 1. The summed E-state index contributed by atoms with van der Waals surface area (Å²) in [7, 11) is 1.84. The first-order chi connectivity index (χ1) is 9.67. The van der Waals surface area contributed by atoms with Gasteiger partial charge in [0.05, 0.1) is 0 Å². The number of nitrogens with one attached hydrogen (secondary N) is 1.